The number of pyridine rings is 1. The van der Waals surface area contributed by atoms with E-state index in [0.717, 1.165) is 11.4 Å². The van der Waals surface area contributed by atoms with Gasteiger partial charge in [-0.15, -0.1) is 22.7 Å². The van der Waals surface area contributed by atoms with Crippen LogP contribution >= 0.6 is 22.7 Å². The van der Waals surface area contributed by atoms with Gasteiger partial charge in [0, 0.05) is 40.8 Å². The smallest absolute Gasteiger partial charge is 0.251 e. The third kappa shape index (κ3) is 3.53. The van der Waals surface area contributed by atoms with Gasteiger partial charge in [-0.25, -0.2) is 4.98 Å². The lowest BCUT2D eigenvalue weighted by Crippen LogP contribution is -2.29. The van der Waals surface area contributed by atoms with E-state index in [1.165, 1.54) is 4.88 Å². The summed E-state index contributed by atoms with van der Waals surface area (Å²) in [5.74, 6) is -0.103. The molecule has 106 valence electrons. The molecule has 0 aliphatic carbocycles. The Morgan fingerprint density at radius 1 is 1.14 bits per heavy atom. The Balaban J connectivity index is 1.78. The molecule has 1 N–H and O–H groups in total. The van der Waals surface area contributed by atoms with Crippen molar-refractivity contribution in [3.05, 3.63) is 69.1 Å². The predicted molar refractivity (Wildman–Crippen MR) is 84.6 cm³/mol. The molecular formula is C15H13N3OS2. The molecule has 3 heterocycles. The van der Waals surface area contributed by atoms with Gasteiger partial charge in [0.25, 0.3) is 5.91 Å². The molecule has 0 spiro atoms. The average Bonchev–Trinajstić information content (AvgIpc) is 3.21. The van der Waals surface area contributed by atoms with Crippen molar-refractivity contribution in [3.63, 3.8) is 0 Å². The summed E-state index contributed by atoms with van der Waals surface area (Å²) in [6.45, 7) is 0. The Morgan fingerprint density at radius 3 is 2.67 bits per heavy atom. The SMILES string of the molecule is O=C(NC(Cc1cccs1)c1nccs1)c1ccncc1. The Hall–Kier alpha value is -2.05. The Morgan fingerprint density at radius 2 is 2.00 bits per heavy atom. The van der Waals surface area contributed by atoms with Crippen molar-refractivity contribution in [2.45, 2.75) is 12.5 Å². The van der Waals surface area contributed by atoms with Gasteiger partial charge in [0.15, 0.2) is 0 Å². The van der Waals surface area contributed by atoms with Crippen molar-refractivity contribution >= 4 is 28.6 Å². The third-order valence-corrected chi connectivity index (χ3v) is 4.77. The van der Waals surface area contributed by atoms with Gasteiger partial charge in [-0.05, 0) is 23.6 Å². The number of nitrogens with zero attached hydrogens (tertiary/aromatic N) is 2. The number of hydrogen-bond acceptors (Lipinski definition) is 5. The van der Waals surface area contributed by atoms with Gasteiger partial charge in [-0.3, -0.25) is 9.78 Å². The van der Waals surface area contributed by atoms with Crippen LogP contribution < -0.4 is 5.32 Å². The second-order valence-electron chi connectivity index (χ2n) is 4.42. The maximum absolute atomic E-state index is 12.3. The number of hydrogen-bond donors (Lipinski definition) is 1. The van der Waals surface area contributed by atoms with E-state index in [4.69, 9.17) is 0 Å². The van der Waals surface area contributed by atoms with Crippen LogP contribution in [0.3, 0.4) is 0 Å². The highest BCUT2D eigenvalue weighted by Crippen LogP contribution is 2.23. The Bertz CT molecular complexity index is 681. The van der Waals surface area contributed by atoms with E-state index < -0.39 is 0 Å². The molecule has 0 saturated carbocycles. The van der Waals surface area contributed by atoms with E-state index in [0.29, 0.717) is 5.56 Å². The molecular weight excluding hydrogens is 302 g/mol. The summed E-state index contributed by atoms with van der Waals surface area (Å²) in [6, 6.07) is 7.40. The zero-order valence-electron chi connectivity index (χ0n) is 11.1. The van der Waals surface area contributed by atoms with Crippen LogP contribution in [0.1, 0.15) is 26.3 Å². The van der Waals surface area contributed by atoms with E-state index >= 15 is 0 Å². The molecule has 0 aliphatic heterocycles. The van der Waals surface area contributed by atoms with E-state index in [1.54, 1.807) is 53.4 Å². The van der Waals surface area contributed by atoms with Crippen LogP contribution in [0.2, 0.25) is 0 Å². The maximum atomic E-state index is 12.3. The van der Waals surface area contributed by atoms with Crippen LogP contribution in [0.25, 0.3) is 0 Å². The number of nitrogens with one attached hydrogen (secondary N) is 1. The maximum Gasteiger partial charge on any atom is 0.251 e. The second kappa shape index (κ2) is 6.60. The lowest BCUT2D eigenvalue weighted by atomic mass is 10.1. The monoisotopic (exact) mass is 315 g/mol. The van der Waals surface area contributed by atoms with Crippen LogP contribution in [-0.4, -0.2) is 15.9 Å². The van der Waals surface area contributed by atoms with Gasteiger partial charge in [0.05, 0.1) is 6.04 Å². The van der Waals surface area contributed by atoms with Crippen LogP contribution in [-0.2, 0) is 6.42 Å². The fourth-order valence-electron chi connectivity index (χ4n) is 1.98. The zero-order chi connectivity index (χ0) is 14.5. The highest BCUT2D eigenvalue weighted by atomic mass is 32.1. The number of thiophene rings is 1. The Labute approximate surface area is 130 Å². The first kappa shape index (κ1) is 13.9. The lowest BCUT2D eigenvalue weighted by molar-refractivity contribution is 0.0936. The van der Waals surface area contributed by atoms with Gasteiger partial charge in [0.2, 0.25) is 0 Å². The van der Waals surface area contributed by atoms with Crippen LogP contribution in [0, 0.1) is 0 Å². The molecule has 0 radical (unpaired) electrons. The van der Waals surface area contributed by atoms with E-state index in [2.05, 4.69) is 21.4 Å². The lowest BCUT2D eigenvalue weighted by Gasteiger charge is -2.15. The van der Waals surface area contributed by atoms with Crippen molar-refractivity contribution in [1.29, 1.82) is 0 Å². The predicted octanol–water partition coefficient (Wildman–Crippen LogP) is 3.31. The molecule has 4 nitrogen and oxygen atoms in total. The molecule has 3 aromatic rings. The summed E-state index contributed by atoms with van der Waals surface area (Å²) >= 11 is 3.24. The summed E-state index contributed by atoms with van der Waals surface area (Å²) in [5, 5.41) is 7.95. The number of aromatic nitrogens is 2. The van der Waals surface area contributed by atoms with Gasteiger partial charge in [0.1, 0.15) is 5.01 Å². The fraction of sp³-hybridized carbons (Fsp3) is 0.133. The topological polar surface area (TPSA) is 54.9 Å². The first-order valence-corrected chi connectivity index (χ1v) is 8.21. The standard InChI is InChI=1S/C15H13N3OS2/c19-14(11-3-5-16-6-4-11)18-13(15-17-7-9-21-15)10-12-2-1-8-20-12/h1-9,13H,10H2,(H,18,19). The Kier molecular flexibility index (Phi) is 4.37. The van der Waals surface area contributed by atoms with Gasteiger partial charge >= 0.3 is 0 Å². The number of carbonyl (C=O) groups is 1. The number of amides is 1. The minimum atomic E-state index is -0.107. The number of rotatable bonds is 5. The first-order chi connectivity index (χ1) is 10.3. The molecule has 0 aromatic carbocycles. The molecule has 6 heteroatoms. The molecule has 21 heavy (non-hydrogen) atoms. The summed E-state index contributed by atoms with van der Waals surface area (Å²) in [6.07, 6.45) is 5.75. The van der Waals surface area contributed by atoms with Crippen molar-refractivity contribution in [2.75, 3.05) is 0 Å². The van der Waals surface area contributed by atoms with Crippen LogP contribution in [0.4, 0.5) is 0 Å². The average molecular weight is 315 g/mol. The normalized spacial score (nSPS) is 12.0. The summed E-state index contributed by atoms with van der Waals surface area (Å²) < 4.78 is 0. The van der Waals surface area contributed by atoms with Gasteiger partial charge < -0.3 is 5.32 Å². The van der Waals surface area contributed by atoms with Gasteiger partial charge in [-0.1, -0.05) is 6.07 Å². The molecule has 1 amide bonds. The quantitative estimate of drug-likeness (QED) is 0.786. The second-order valence-corrected chi connectivity index (χ2v) is 6.37. The van der Waals surface area contributed by atoms with E-state index in [9.17, 15) is 4.79 Å². The third-order valence-electron chi connectivity index (χ3n) is 2.98. The molecule has 1 unspecified atom stereocenters. The molecule has 1 atom stereocenters. The molecule has 0 aliphatic rings. The molecule has 0 bridgehead atoms. The summed E-state index contributed by atoms with van der Waals surface area (Å²) in [5.41, 5.74) is 0.609. The highest BCUT2D eigenvalue weighted by Gasteiger charge is 2.19. The molecule has 0 saturated heterocycles. The minimum absolute atomic E-state index is 0.103. The van der Waals surface area contributed by atoms with E-state index in [1.807, 2.05) is 16.8 Å². The fourth-order valence-corrected chi connectivity index (χ4v) is 3.42. The van der Waals surface area contributed by atoms with Crippen molar-refractivity contribution in [2.24, 2.45) is 0 Å². The largest absolute Gasteiger partial charge is 0.342 e. The number of carbonyl (C=O) groups excluding carboxylic acids is 1. The number of thiazole rings is 1. The highest BCUT2D eigenvalue weighted by molar-refractivity contribution is 7.10. The summed E-state index contributed by atoms with van der Waals surface area (Å²) in [4.78, 5) is 21.8. The minimum Gasteiger partial charge on any atom is -0.342 e. The van der Waals surface area contributed by atoms with Crippen molar-refractivity contribution < 1.29 is 4.79 Å². The molecule has 3 rings (SSSR count). The zero-order valence-corrected chi connectivity index (χ0v) is 12.7. The molecule has 0 fully saturated rings. The van der Waals surface area contributed by atoms with E-state index in [-0.39, 0.29) is 11.9 Å². The molecule has 3 aromatic heterocycles. The van der Waals surface area contributed by atoms with Crippen LogP contribution in [0.5, 0.6) is 0 Å². The van der Waals surface area contributed by atoms with Gasteiger partial charge in [-0.2, -0.15) is 0 Å². The van der Waals surface area contributed by atoms with Crippen molar-refractivity contribution in [3.8, 4) is 0 Å². The van der Waals surface area contributed by atoms with Crippen molar-refractivity contribution in [1.82, 2.24) is 15.3 Å². The first-order valence-electron chi connectivity index (χ1n) is 6.45. The van der Waals surface area contributed by atoms with Crippen LogP contribution in [0.15, 0.2) is 53.6 Å². The summed E-state index contributed by atoms with van der Waals surface area (Å²) in [7, 11) is 0.